The maximum Gasteiger partial charge on any atom is 0.338 e. The van der Waals surface area contributed by atoms with Crippen LogP contribution in [0.25, 0.3) is 57.0 Å². The number of aliphatic hydroxyl groups excluding tert-OH is 3. The first-order valence-electron chi connectivity index (χ1n) is 32.7. The van der Waals surface area contributed by atoms with Crippen molar-refractivity contribution in [1.82, 2.24) is 15.0 Å². The molecule has 0 radical (unpaired) electrons. The van der Waals surface area contributed by atoms with E-state index in [0.29, 0.717) is 59.2 Å². The summed E-state index contributed by atoms with van der Waals surface area (Å²) in [6, 6.07) is 75.8. The van der Waals surface area contributed by atoms with Crippen molar-refractivity contribution in [3.63, 3.8) is 0 Å². The van der Waals surface area contributed by atoms with Gasteiger partial charge in [-0.25, -0.2) is 14.8 Å². The zero-order chi connectivity index (χ0) is 69.1. The molecule has 0 fully saturated rings. The predicted octanol–water partition coefficient (Wildman–Crippen LogP) is 20.0. The van der Waals surface area contributed by atoms with Gasteiger partial charge in [0.05, 0.1) is 64.5 Å². The molecule has 0 saturated heterocycles. The highest BCUT2D eigenvalue weighted by Gasteiger charge is 2.21. The Hall–Kier alpha value is -9.46. The first kappa shape index (κ1) is 71.3. The van der Waals surface area contributed by atoms with Crippen molar-refractivity contribution in [2.45, 2.75) is 96.1 Å². The number of halogens is 3. The van der Waals surface area contributed by atoms with E-state index in [4.69, 9.17) is 44.5 Å². The lowest BCUT2D eigenvalue weighted by Gasteiger charge is -2.22. The number of esters is 1. The molecule has 0 saturated carbocycles. The lowest BCUT2D eigenvalue weighted by molar-refractivity contribution is 0.0598. The van der Waals surface area contributed by atoms with Crippen LogP contribution >= 0.6 is 34.8 Å². The summed E-state index contributed by atoms with van der Waals surface area (Å²) in [5, 5.41) is 48.0. The minimum absolute atomic E-state index is 0.0480. The van der Waals surface area contributed by atoms with Crippen molar-refractivity contribution < 1.29 is 34.8 Å². The van der Waals surface area contributed by atoms with E-state index in [2.05, 4.69) is 34.2 Å². The normalized spacial score (nSPS) is 12.4. The molecule has 9 aromatic carbocycles. The summed E-state index contributed by atoms with van der Waals surface area (Å²) in [6.07, 6.45) is 11.3. The molecule has 10 nitrogen and oxygen atoms in total. The number of methoxy groups -OCH3 is 1. The van der Waals surface area contributed by atoms with Crippen molar-refractivity contribution in [3.05, 3.63) is 335 Å². The fourth-order valence-electron chi connectivity index (χ4n) is 11.8. The number of fused-ring (bicyclic) bond motifs is 3. The van der Waals surface area contributed by atoms with Gasteiger partial charge >= 0.3 is 5.97 Å². The van der Waals surface area contributed by atoms with E-state index in [1.54, 1.807) is 32.9 Å². The minimum Gasteiger partial charge on any atom is -0.465 e. The number of aryl methyl sites for hydroxylation is 5. The van der Waals surface area contributed by atoms with Crippen molar-refractivity contribution in [2.75, 3.05) is 7.11 Å². The molecule has 3 heterocycles. The van der Waals surface area contributed by atoms with Gasteiger partial charge in [-0.1, -0.05) is 211 Å². The zero-order valence-electron chi connectivity index (χ0n) is 55.2. The molecule has 3 aromatic heterocycles. The largest absolute Gasteiger partial charge is 0.465 e. The minimum atomic E-state index is -0.899. The van der Waals surface area contributed by atoms with Gasteiger partial charge in [0, 0.05) is 42.5 Å². The number of hydrogen-bond donors (Lipinski definition) is 4. The summed E-state index contributed by atoms with van der Waals surface area (Å²) in [4.78, 5) is 37.8. The number of nitrogens with zero attached hydrogens (tertiary/aromatic N) is 3. The van der Waals surface area contributed by atoms with Crippen molar-refractivity contribution >= 4 is 104 Å². The van der Waals surface area contributed by atoms with Crippen LogP contribution < -0.4 is 0 Å². The first-order valence-corrected chi connectivity index (χ1v) is 33.9. The zero-order valence-corrected chi connectivity index (χ0v) is 57.5. The summed E-state index contributed by atoms with van der Waals surface area (Å²) in [7, 11) is 1.37. The SMILES string of the molecule is CC(=O)c1ccccc1CC[C@H](O)c1cccc(/C=C/c2ccc3ccc(Cl)cc3n2)c1.CC(C)(O)c1ccccc1CC[C@H](O)c1cccc(CCc2ccc3ccc(Cl)cc3n2)c1.COC(=O)c1ccccc1CC[C@H](O)c1cccc(/C=C/c2ccc3ccc(Cl)cc3n2)c1. The molecule has 0 amide bonds. The Balaban J connectivity index is 0.000000159. The van der Waals surface area contributed by atoms with Crippen LogP contribution in [0.5, 0.6) is 0 Å². The number of carbonyl (C=O) groups is 2. The number of aliphatic hydroxyl groups is 4. The van der Waals surface area contributed by atoms with E-state index in [-0.39, 0.29) is 11.8 Å². The van der Waals surface area contributed by atoms with Gasteiger partial charge in [0.25, 0.3) is 0 Å². The van der Waals surface area contributed by atoms with E-state index < -0.39 is 23.9 Å². The second-order valence-corrected chi connectivity index (χ2v) is 26.1. The number of rotatable bonds is 22. The monoisotopic (exact) mass is 1360 g/mol. The number of ketones is 1. The average molecular weight is 1360 g/mol. The topological polar surface area (TPSA) is 163 Å². The van der Waals surface area contributed by atoms with Crippen molar-refractivity contribution in [3.8, 4) is 0 Å². The summed E-state index contributed by atoms with van der Waals surface area (Å²) in [6.45, 7) is 5.17. The lowest BCUT2D eigenvalue weighted by Crippen LogP contribution is -2.18. The van der Waals surface area contributed by atoms with Crippen molar-refractivity contribution in [2.24, 2.45) is 0 Å². The van der Waals surface area contributed by atoms with Crippen LogP contribution in [0, 0.1) is 0 Å². The smallest absolute Gasteiger partial charge is 0.338 e. The molecular formula is C85H78Cl3N3O7. The molecule has 13 heteroatoms. The molecule has 496 valence electrons. The third-order valence-corrected chi connectivity index (χ3v) is 17.8. The molecule has 0 spiro atoms. The number of hydrogen-bond acceptors (Lipinski definition) is 10. The summed E-state index contributed by atoms with van der Waals surface area (Å²) < 4.78 is 4.86. The van der Waals surface area contributed by atoms with E-state index in [9.17, 15) is 30.0 Å². The Morgan fingerprint density at radius 2 is 0.857 bits per heavy atom. The van der Waals surface area contributed by atoms with Crippen LogP contribution in [0.3, 0.4) is 0 Å². The number of aromatic nitrogens is 3. The molecule has 12 aromatic rings. The second kappa shape index (κ2) is 34.2. The summed E-state index contributed by atoms with van der Waals surface area (Å²) in [5.41, 5.74) is 15.2. The number of ether oxygens (including phenoxy) is 1. The van der Waals surface area contributed by atoms with Gasteiger partial charge in [0.15, 0.2) is 5.78 Å². The molecule has 0 aliphatic carbocycles. The fourth-order valence-corrected chi connectivity index (χ4v) is 12.3. The highest BCUT2D eigenvalue weighted by molar-refractivity contribution is 6.32. The molecule has 3 atom stereocenters. The molecule has 0 unspecified atom stereocenters. The molecule has 0 aliphatic heterocycles. The quantitative estimate of drug-likeness (QED) is 0.0379. The number of carbonyl (C=O) groups excluding carboxylic acids is 2. The molecule has 0 bridgehead atoms. The van der Waals surface area contributed by atoms with Crippen LogP contribution in [0.4, 0.5) is 0 Å². The fraction of sp³-hybridized carbons (Fsp3) is 0.188. The predicted molar refractivity (Wildman–Crippen MR) is 401 cm³/mol. The van der Waals surface area contributed by atoms with Crippen LogP contribution in [-0.4, -0.2) is 54.2 Å². The van der Waals surface area contributed by atoms with Gasteiger partial charge in [-0.2, -0.15) is 0 Å². The van der Waals surface area contributed by atoms with Crippen LogP contribution in [-0.2, 0) is 42.4 Å². The highest BCUT2D eigenvalue weighted by atomic mass is 35.5. The maximum atomic E-state index is 12.0. The average Bonchev–Trinajstić information content (AvgIpc) is 0.961. The molecule has 0 aliphatic rings. The molecule has 12 rings (SSSR count). The third kappa shape index (κ3) is 20.1. The Morgan fingerprint density at radius 1 is 0.439 bits per heavy atom. The number of benzene rings is 9. The molecule has 98 heavy (non-hydrogen) atoms. The van der Waals surface area contributed by atoms with Gasteiger partial charge < -0.3 is 25.2 Å². The molecule has 4 N–H and O–H groups in total. The third-order valence-electron chi connectivity index (χ3n) is 17.1. The van der Waals surface area contributed by atoms with Gasteiger partial charge in [0.2, 0.25) is 0 Å². The molecular weight excluding hydrogens is 1280 g/mol. The van der Waals surface area contributed by atoms with Crippen LogP contribution in [0.2, 0.25) is 15.1 Å². The highest BCUT2D eigenvalue weighted by Crippen LogP contribution is 2.30. The summed E-state index contributed by atoms with van der Waals surface area (Å²) >= 11 is 18.3. The lowest BCUT2D eigenvalue weighted by atomic mass is 9.90. The first-order chi connectivity index (χ1) is 47.3. The Labute approximate surface area is 588 Å². The van der Waals surface area contributed by atoms with Gasteiger partial charge in [-0.3, -0.25) is 9.78 Å². The van der Waals surface area contributed by atoms with E-state index >= 15 is 0 Å². The number of pyridine rings is 3. The number of Topliss-reactive ketones (excluding diaryl/α,β-unsaturated/α-hetero) is 1. The Morgan fingerprint density at radius 3 is 1.36 bits per heavy atom. The maximum absolute atomic E-state index is 12.0. The van der Waals surface area contributed by atoms with E-state index in [1.807, 2.05) is 224 Å². The Kier molecular flexibility index (Phi) is 24.9. The standard InChI is InChI=1S/C29H30ClNO2.C28H24ClNO3.C28H24ClNO2/c1-29(2,33)26-9-4-3-7-21(26)13-17-28(32)23-8-5-6-20(18-23)10-15-25-16-12-22-11-14-24(30)19-27(22)31-25;1-33-28(32)25-8-3-2-6-20(25)12-16-27(31)22-7-4-5-19(17-22)9-14-24-15-11-21-10-13-23(29)18-26(21)30-24;1-19(31)26-8-3-2-6-21(26)12-16-28(32)23-7-4-5-20(17-23)9-14-25-15-11-22-10-13-24(29)18-27(22)30-25/h3-9,11-12,14,16,18-19,28,32-33H,10,13,15,17H2,1-2H3;2-11,13-15,17-18,27,31H,12,16H2,1H3;2-11,13-15,17-18,28,32H,12,16H2,1H3/b;2*14-9+/t28-;27-;28-/m000/s1. The van der Waals surface area contributed by atoms with Crippen LogP contribution in [0.15, 0.2) is 237 Å². The summed E-state index contributed by atoms with van der Waals surface area (Å²) in [5.74, 6) is -0.316. The van der Waals surface area contributed by atoms with Gasteiger partial charge in [-0.05, 0) is 213 Å². The van der Waals surface area contributed by atoms with Gasteiger partial charge in [-0.15, -0.1) is 0 Å². The van der Waals surface area contributed by atoms with Crippen LogP contribution in [0.1, 0.15) is 152 Å². The van der Waals surface area contributed by atoms with Crippen molar-refractivity contribution in [1.29, 1.82) is 0 Å². The van der Waals surface area contributed by atoms with E-state index in [1.165, 1.54) is 12.7 Å². The Bertz CT molecular complexity index is 4810. The second-order valence-electron chi connectivity index (χ2n) is 24.8. The van der Waals surface area contributed by atoms with Gasteiger partial charge in [0.1, 0.15) is 0 Å². The van der Waals surface area contributed by atoms with E-state index in [0.717, 1.165) is 118 Å².